The molecule has 1 aromatic carbocycles. The molecule has 0 aliphatic carbocycles. The molecule has 0 fully saturated rings. The maximum Gasteiger partial charge on any atom is 0.387 e. The molecule has 0 radical (unpaired) electrons. The normalized spacial score (nSPS) is 13.0. The van der Waals surface area contributed by atoms with Crippen LogP contribution in [-0.2, 0) is 9.59 Å². The van der Waals surface area contributed by atoms with Crippen LogP contribution in [0.25, 0.3) is 0 Å². The smallest absolute Gasteiger partial charge is 0.387 e. The van der Waals surface area contributed by atoms with Crippen LogP contribution < -0.4 is 21.1 Å². The van der Waals surface area contributed by atoms with E-state index in [9.17, 15) is 18.4 Å². The van der Waals surface area contributed by atoms with Crippen LogP contribution in [0.1, 0.15) is 32.4 Å². The van der Waals surface area contributed by atoms with Crippen molar-refractivity contribution >= 4 is 24.2 Å². The van der Waals surface area contributed by atoms with Crippen LogP contribution >= 0.6 is 12.4 Å². The third-order valence-corrected chi connectivity index (χ3v) is 3.42. The highest BCUT2D eigenvalue weighted by atomic mass is 35.5. The van der Waals surface area contributed by atoms with Crippen LogP contribution in [-0.4, -0.2) is 31.0 Å². The zero-order valence-corrected chi connectivity index (χ0v) is 15.1. The van der Waals surface area contributed by atoms with Gasteiger partial charge in [-0.05, 0) is 18.9 Å². The average Bonchev–Trinajstić information content (AvgIpc) is 2.51. The molecule has 0 spiro atoms. The van der Waals surface area contributed by atoms with E-state index in [1.54, 1.807) is 39.0 Å². The zero-order valence-electron chi connectivity index (χ0n) is 14.3. The molecule has 0 saturated carbocycles. The molecule has 6 nitrogen and oxygen atoms in total. The van der Waals surface area contributed by atoms with Gasteiger partial charge in [0.05, 0.1) is 18.6 Å². The molecule has 0 aliphatic heterocycles. The van der Waals surface area contributed by atoms with E-state index in [-0.39, 0.29) is 30.6 Å². The number of rotatable bonds is 8. The van der Waals surface area contributed by atoms with Gasteiger partial charge in [-0.1, -0.05) is 32.0 Å². The molecule has 0 heterocycles. The van der Waals surface area contributed by atoms with E-state index in [2.05, 4.69) is 15.4 Å². The molecule has 1 aromatic rings. The number of ether oxygens (including phenoxy) is 1. The second kappa shape index (κ2) is 10.8. The van der Waals surface area contributed by atoms with Crippen molar-refractivity contribution in [3.05, 3.63) is 29.8 Å². The lowest BCUT2D eigenvalue weighted by atomic mass is 10.1. The van der Waals surface area contributed by atoms with Gasteiger partial charge in [0.1, 0.15) is 5.75 Å². The minimum Gasteiger partial charge on any atom is -0.434 e. The minimum atomic E-state index is -2.95. The van der Waals surface area contributed by atoms with Gasteiger partial charge in [-0.25, -0.2) is 0 Å². The fourth-order valence-electron chi connectivity index (χ4n) is 2.00. The topological polar surface area (TPSA) is 93.5 Å². The van der Waals surface area contributed by atoms with Crippen molar-refractivity contribution in [1.29, 1.82) is 0 Å². The quantitative estimate of drug-likeness (QED) is 0.644. The number of hydrogen-bond donors (Lipinski definition) is 3. The summed E-state index contributed by atoms with van der Waals surface area (Å²) in [4.78, 5) is 23.6. The van der Waals surface area contributed by atoms with E-state index < -0.39 is 30.5 Å². The second-order valence-corrected chi connectivity index (χ2v) is 5.69. The van der Waals surface area contributed by atoms with Gasteiger partial charge in [-0.2, -0.15) is 8.78 Å². The number of nitrogens with one attached hydrogen (secondary N) is 2. The second-order valence-electron chi connectivity index (χ2n) is 5.69. The van der Waals surface area contributed by atoms with E-state index in [1.165, 1.54) is 6.07 Å². The van der Waals surface area contributed by atoms with Gasteiger partial charge in [-0.3, -0.25) is 9.59 Å². The SMILES string of the molecule is CC(NC(=O)CNC(=O)[C@@H](N)C(C)C)c1ccccc1OC(F)F.Cl. The Morgan fingerprint density at radius 1 is 1.20 bits per heavy atom. The van der Waals surface area contributed by atoms with Gasteiger partial charge in [0.15, 0.2) is 0 Å². The Morgan fingerprint density at radius 2 is 1.80 bits per heavy atom. The summed E-state index contributed by atoms with van der Waals surface area (Å²) in [6, 6.07) is 4.92. The van der Waals surface area contributed by atoms with Gasteiger partial charge >= 0.3 is 6.61 Å². The van der Waals surface area contributed by atoms with E-state index in [4.69, 9.17) is 5.73 Å². The first kappa shape index (κ1) is 23.1. The summed E-state index contributed by atoms with van der Waals surface area (Å²) in [7, 11) is 0. The molecule has 0 saturated heterocycles. The van der Waals surface area contributed by atoms with Crippen LogP contribution in [0.15, 0.2) is 24.3 Å². The van der Waals surface area contributed by atoms with Crippen molar-refractivity contribution in [3.8, 4) is 5.75 Å². The number of carbonyl (C=O) groups is 2. The van der Waals surface area contributed by atoms with Crippen LogP contribution in [0.2, 0.25) is 0 Å². The predicted molar refractivity (Wildman–Crippen MR) is 92.7 cm³/mol. The molecule has 25 heavy (non-hydrogen) atoms. The largest absolute Gasteiger partial charge is 0.434 e. The number of carbonyl (C=O) groups excluding carboxylic acids is 2. The number of halogens is 3. The van der Waals surface area contributed by atoms with Gasteiger partial charge < -0.3 is 21.1 Å². The molecule has 1 rings (SSSR count). The molecule has 1 unspecified atom stereocenters. The molecule has 2 atom stereocenters. The summed E-state index contributed by atoms with van der Waals surface area (Å²) in [6.07, 6.45) is 0. The highest BCUT2D eigenvalue weighted by Gasteiger charge is 2.19. The Hall–Kier alpha value is -1.93. The van der Waals surface area contributed by atoms with E-state index in [1.807, 2.05) is 0 Å². The third-order valence-electron chi connectivity index (χ3n) is 3.42. The standard InChI is InChI=1S/C16H23F2N3O3.ClH/c1-9(2)14(19)15(23)20-8-13(22)21-10(3)11-6-4-5-7-12(11)24-16(17)18;/h4-7,9-10,14,16H,8,19H2,1-3H3,(H,20,23)(H,21,22);1H/t10?,14-;/m0./s1. The van der Waals surface area contributed by atoms with Crippen LogP contribution in [0.4, 0.5) is 8.78 Å². The lowest BCUT2D eigenvalue weighted by molar-refractivity contribution is -0.127. The Kier molecular flexibility index (Phi) is 10.00. The number of hydrogen-bond acceptors (Lipinski definition) is 4. The van der Waals surface area contributed by atoms with E-state index >= 15 is 0 Å². The summed E-state index contributed by atoms with van der Waals surface area (Å²) in [5, 5.41) is 5.05. The molecule has 4 N–H and O–H groups in total. The number of benzene rings is 1. The van der Waals surface area contributed by atoms with Crippen LogP contribution in [0, 0.1) is 5.92 Å². The minimum absolute atomic E-state index is 0. The van der Waals surface area contributed by atoms with Crippen LogP contribution in [0.3, 0.4) is 0 Å². The third kappa shape index (κ3) is 7.66. The maximum absolute atomic E-state index is 12.4. The molecule has 0 bridgehead atoms. The van der Waals surface area contributed by atoms with Crippen molar-refractivity contribution in [2.45, 2.75) is 39.5 Å². The van der Waals surface area contributed by atoms with Crippen molar-refractivity contribution in [2.75, 3.05) is 6.54 Å². The fraction of sp³-hybridized carbons (Fsp3) is 0.500. The van der Waals surface area contributed by atoms with Gasteiger partial charge in [0.25, 0.3) is 0 Å². The number of alkyl halides is 2. The molecule has 0 aromatic heterocycles. The molecular formula is C16H24ClF2N3O3. The Balaban J connectivity index is 0.00000576. The lowest BCUT2D eigenvalue weighted by Crippen LogP contribution is -2.47. The predicted octanol–water partition coefficient (Wildman–Crippen LogP) is 1.99. The first-order chi connectivity index (χ1) is 11.2. The Bertz CT molecular complexity index is 573. The lowest BCUT2D eigenvalue weighted by Gasteiger charge is -2.19. The van der Waals surface area contributed by atoms with Gasteiger partial charge in [0.2, 0.25) is 11.8 Å². The fourth-order valence-corrected chi connectivity index (χ4v) is 2.00. The van der Waals surface area contributed by atoms with Crippen molar-refractivity contribution in [2.24, 2.45) is 11.7 Å². The van der Waals surface area contributed by atoms with Crippen molar-refractivity contribution < 1.29 is 23.1 Å². The highest BCUT2D eigenvalue weighted by molar-refractivity contribution is 5.87. The monoisotopic (exact) mass is 379 g/mol. The average molecular weight is 380 g/mol. The first-order valence-electron chi connectivity index (χ1n) is 7.58. The zero-order chi connectivity index (χ0) is 18.3. The summed E-state index contributed by atoms with van der Waals surface area (Å²) in [6.45, 7) is 2.03. The van der Waals surface area contributed by atoms with E-state index in [0.717, 1.165) is 0 Å². The summed E-state index contributed by atoms with van der Waals surface area (Å²) in [5.74, 6) is -0.940. The Labute approximate surface area is 151 Å². The highest BCUT2D eigenvalue weighted by Crippen LogP contribution is 2.26. The Morgan fingerprint density at radius 3 is 2.36 bits per heavy atom. The summed E-state index contributed by atoms with van der Waals surface area (Å²) >= 11 is 0. The van der Waals surface area contributed by atoms with E-state index in [0.29, 0.717) is 5.56 Å². The van der Waals surface area contributed by atoms with Crippen molar-refractivity contribution in [1.82, 2.24) is 10.6 Å². The number of amides is 2. The van der Waals surface area contributed by atoms with Crippen molar-refractivity contribution in [3.63, 3.8) is 0 Å². The maximum atomic E-state index is 12.4. The van der Waals surface area contributed by atoms with Gasteiger partial charge in [-0.15, -0.1) is 12.4 Å². The number of nitrogens with two attached hydrogens (primary N) is 1. The molecule has 142 valence electrons. The summed E-state index contributed by atoms with van der Waals surface area (Å²) < 4.78 is 29.2. The van der Waals surface area contributed by atoms with Crippen LogP contribution in [0.5, 0.6) is 5.75 Å². The summed E-state index contributed by atoms with van der Waals surface area (Å²) in [5.41, 5.74) is 6.09. The number of para-hydroxylation sites is 1. The molecule has 0 aliphatic rings. The first-order valence-corrected chi connectivity index (χ1v) is 7.58. The molecular weight excluding hydrogens is 356 g/mol. The molecule has 9 heteroatoms. The molecule has 2 amide bonds. The van der Waals surface area contributed by atoms with Gasteiger partial charge in [0, 0.05) is 5.56 Å².